The maximum absolute atomic E-state index is 5.44. The molecule has 2 N–H and O–H groups in total. The first-order chi connectivity index (χ1) is 7.85. The summed E-state index contributed by atoms with van der Waals surface area (Å²) in [6.07, 6.45) is 6.82. The minimum absolute atomic E-state index is 0.572. The monoisotopic (exact) mass is 226 g/mol. The Labute approximate surface area is 99.3 Å². The minimum Gasteiger partial charge on any atom is -0.379 e. The molecule has 0 radical (unpaired) electrons. The van der Waals surface area contributed by atoms with Gasteiger partial charge in [0.05, 0.1) is 13.2 Å². The van der Waals surface area contributed by atoms with Gasteiger partial charge in [-0.15, -0.1) is 0 Å². The van der Waals surface area contributed by atoms with E-state index in [9.17, 15) is 0 Å². The van der Waals surface area contributed by atoms with Gasteiger partial charge in [0, 0.05) is 19.1 Å². The Morgan fingerprint density at radius 1 is 1.44 bits per heavy atom. The van der Waals surface area contributed by atoms with Gasteiger partial charge in [0.1, 0.15) is 0 Å². The summed E-state index contributed by atoms with van der Waals surface area (Å²) in [5, 5.41) is 7.12. The van der Waals surface area contributed by atoms with E-state index in [0.717, 1.165) is 26.3 Å². The lowest BCUT2D eigenvalue weighted by Crippen LogP contribution is -2.43. The fraction of sp³-hybridized carbons (Fsp3) is 1.00. The Balaban J connectivity index is 1.51. The smallest absolute Gasteiger partial charge is 0.0620 e. The third-order valence-electron chi connectivity index (χ3n) is 3.91. The summed E-state index contributed by atoms with van der Waals surface area (Å²) in [4.78, 5) is 0. The van der Waals surface area contributed by atoms with Crippen molar-refractivity contribution in [3.8, 4) is 0 Å². The Hall–Kier alpha value is -0.120. The van der Waals surface area contributed by atoms with Crippen LogP contribution in [0.5, 0.6) is 0 Å². The number of hydrogen-bond donors (Lipinski definition) is 2. The van der Waals surface area contributed by atoms with Crippen molar-refractivity contribution in [3.05, 3.63) is 0 Å². The molecule has 2 aliphatic rings. The van der Waals surface area contributed by atoms with Crippen molar-refractivity contribution in [2.24, 2.45) is 5.41 Å². The molecule has 1 heterocycles. The van der Waals surface area contributed by atoms with Gasteiger partial charge in [0.25, 0.3) is 0 Å². The summed E-state index contributed by atoms with van der Waals surface area (Å²) in [5.41, 5.74) is 0.686. The molecule has 0 spiro atoms. The van der Waals surface area contributed by atoms with E-state index in [0.29, 0.717) is 11.5 Å². The number of ether oxygens (including phenoxy) is 1. The third-order valence-corrected chi connectivity index (χ3v) is 3.91. The van der Waals surface area contributed by atoms with Crippen LogP contribution in [0.15, 0.2) is 0 Å². The molecule has 0 aromatic carbocycles. The van der Waals surface area contributed by atoms with Gasteiger partial charge < -0.3 is 15.4 Å². The second-order valence-electron chi connectivity index (χ2n) is 5.44. The normalized spacial score (nSPS) is 27.9. The van der Waals surface area contributed by atoms with E-state index in [1.165, 1.54) is 38.6 Å². The van der Waals surface area contributed by atoms with Crippen LogP contribution >= 0.6 is 0 Å². The summed E-state index contributed by atoms with van der Waals surface area (Å²) < 4.78 is 5.44. The van der Waals surface area contributed by atoms with Crippen molar-refractivity contribution in [2.75, 3.05) is 32.8 Å². The van der Waals surface area contributed by atoms with Crippen LogP contribution in [-0.4, -0.2) is 38.9 Å². The van der Waals surface area contributed by atoms with Crippen LogP contribution in [0.2, 0.25) is 0 Å². The first-order valence-corrected chi connectivity index (χ1v) is 6.86. The van der Waals surface area contributed by atoms with Crippen molar-refractivity contribution in [1.82, 2.24) is 10.6 Å². The van der Waals surface area contributed by atoms with E-state index in [2.05, 4.69) is 17.6 Å². The van der Waals surface area contributed by atoms with E-state index in [1.54, 1.807) is 0 Å². The molecule has 1 aliphatic carbocycles. The van der Waals surface area contributed by atoms with E-state index in [4.69, 9.17) is 4.74 Å². The van der Waals surface area contributed by atoms with Crippen LogP contribution < -0.4 is 10.6 Å². The van der Waals surface area contributed by atoms with Crippen molar-refractivity contribution < 1.29 is 4.74 Å². The van der Waals surface area contributed by atoms with Crippen molar-refractivity contribution >= 4 is 0 Å². The molecule has 2 fully saturated rings. The van der Waals surface area contributed by atoms with Gasteiger partial charge in [-0.1, -0.05) is 13.3 Å². The molecule has 0 amide bonds. The maximum atomic E-state index is 5.44. The molecule has 3 nitrogen and oxygen atoms in total. The molecular weight excluding hydrogens is 200 g/mol. The van der Waals surface area contributed by atoms with Gasteiger partial charge in [0.2, 0.25) is 0 Å². The minimum atomic E-state index is 0.572. The molecular formula is C13H26N2O. The summed E-state index contributed by atoms with van der Waals surface area (Å²) >= 11 is 0. The molecule has 2 rings (SSSR count). The van der Waals surface area contributed by atoms with Crippen LogP contribution in [0.1, 0.15) is 39.0 Å². The predicted molar refractivity (Wildman–Crippen MR) is 66.7 cm³/mol. The molecule has 1 atom stereocenters. The molecule has 0 aromatic heterocycles. The first kappa shape index (κ1) is 12.3. The van der Waals surface area contributed by atoms with Gasteiger partial charge in [-0.25, -0.2) is 0 Å². The van der Waals surface area contributed by atoms with Crippen LogP contribution in [0.4, 0.5) is 0 Å². The van der Waals surface area contributed by atoms with Gasteiger partial charge in [-0.2, -0.15) is 0 Å². The Kier molecular flexibility index (Phi) is 4.62. The quantitative estimate of drug-likeness (QED) is 0.646. The lowest BCUT2D eigenvalue weighted by atomic mass is 10.0. The SMILES string of the molecule is CCCC1(CNCCC2COCCN2)CC1. The summed E-state index contributed by atoms with van der Waals surface area (Å²) in [6, 6.07) is 0.572. The molecule has 0 aromatic rings. The lowest BCUT2D eigenvalue weighted by Gasteiger charge is -2.24. The van der Waals surface area contributed by atoms with Gasteiger partial charge in [0.15, 0.2) is 0 Å². The van der Waals surface area contributed by atoms with Gasteiger partial charge in [-0.05, 0) is 37.6 Å². The van der Waals surface area contributed by atoms with E-state index >= 15 is 0 Å². The Morgan fingerprint density at radius 2 is 2.31 bits per heavy atom. The summed E-state index contributed by atoms with van der Waals surface area (Å²) in [7, 11) is 0. The molecule has 1 aliphatic heterocycles. The fourth-order valence-electron chi connectivity index (χ4n) is 2.66. The lowest BCUT2D eigenvalue weighted by molar-refractivity contribution is 0.0741. The molecule has 16 heavy (non-hydrogen) atoms. The van der Waals surface area contributed by atoms with Gasteiger partial charge in [-0.3, -0.25) is 0 Å². The largest absolute Gasteiger partial charge is 0.379 e. The number of nitrogens with one attached hydrogen (secondary N) is 2. The Bertz CT molecular complexity index is 198. The van der Waals surface area contributed by atoms with E-state index < -0.39 is 0 Å². The van der Waals surface area contributed by atoms with Crippen molar-refractivity contribution in [1.29, 1.82) is 0 Å². The zero-order valence-electron chi connectivity index (χ0n) is 10.6. The first-order valence-electron chi connectivity index (χ1n) is 6.86. The third kappa shape index (κ3) is 3.72. The zero-order chi connectivity index (χ0) is 11.3. The molecule has 1 unspecified atom stereocenters. The molecule has 3 heteroatoms. The van der Waals surface area contributed by atoms with Crippen molar-refractivity contribution in [3.63, 3.8) is 0 Å². The topological polar surface area (TPSA) is 33.3 Å². The van der Waals surface area contributed by atoms with Crippen LogP contribution in [-0.2, 0) is 4.74 Å². The molecule has 94 valence electrons. The second kappa shape index (κ2) is 5.99. The van der Waals surface area contributed by atoms with E-state index in [-0.39, 0.29) is 0 Å². The Morgan fingerprint density at radius 3 is 2.94 bits per heavy atom. The zero-order valence-corrected chi connectivity index (χ0v) is 10.6. The molecule has 0 bridgehead atoms. The number of morpholine rings is 1. The average Bonchev–Trinajstić information content (AvgIpc) is 3.07. The predicted octanol–water partition coefficient (Wildman–Crippen LogP) is 1.53. The van der Waals surface area contributed by atoms with E-state index in [1.807, 2.05) is 0 Å². The maximum Gasteiger partial charge on any atom is 0.0620 e. The summed E-state index contributed by atoms with van der Waals surface area (Å²) in [5.74, 6) is 0. The van der Waals surface area contributed by atoms with Crippen LogP contribution in [0, 0.1) is 5.41 Å². The summed E-state index contributed by atoms with van der Waals surface area (Å²) in [6.45, 7) is 7.44. The molecule has 1 saturated heterocycles. The highest BCUT2D eigenvalue weighted by Gasteiger charge is 2.40. The van der Waals surface area contributed by atoms with Crippen LogP contribution in [0.3, 0.4) is 0 Å². The highest BCUT2D eigenvalue weighted by atomic mass is 16.5. The number of hydrogen-bond acceptors (Lipinski definition) is 3. The second-order valence-corrected chi connectivity index (χ2v) is 5.44. The van der Waals surface area contributed by atoms with Crippen LogP contribution in [0.25, 0.3) is 0 Å². The highest BCUT2D eigenvalue weighted by molar-refractivity contribution is 4.94. The molecule has 1 saturated carbocycles. The van der Waals surface area contributed by atoms with Crippen molar-refractivity contribution in [2.45, 2.75) is 45.1 Å². The average molecular weight is 226 g/mol. The van der Waals surface area contributed by atoms with Gasteiger partial charge >= 0.3 is 0 Å². The standard InChI is InChI=1S/C13H26N2O/c1-2-4-13(5-6-13)11-14-7-3-12-10-16-9-8-15-12/h12,14-15H,2-11H2,1H3. The number of rotatable bonds is 7. The highest BCUT2D eigenvalue weighted by Crippen LogP contribution is 2.48. The fourth-order valence-corrected chi connectivity index (χ4v) is 2.66.